The van der Waals surface area contributed by atoms with E-state index in [1.54, 1.807) is 49.6 Å². The lowest BCUT2D eigenvalue weighted by Crippen LogP contribution is -2.41. The second-order valence-corrected chi connectivity index (χ2v) is 8.34. The van der Waals surface area contributed by atoms with E-state index in [9.17, 15) is 24.3 Å². The molecule has 1 aromatic carbocycles. The van der Waals surface area contributed by atoms with Gasteiger partial charge >= 0.3 is 11.9 Å². The molecule has 194 valence electrons. The standard InChI is InChI=1S/C23H31N7O6/c1-30(2)26-12-15(4-3-5-16-19(24)28-23(25)29-21(16)34)13-6-8-14(9-7-13)20(33)27-17(22(35)36)10-11-18(31)32/h6-9,12,15,17H,3-5,10-11H2,1-2H3,(H,27,33)(H,31,32)(H,35,36)(H5,24,25,28,29,34)/b26-12+. The number of H-pyrrole nitrogens is 1. The number of nitrogens with zero attached hydrogens (tertiary/aromatic N) is 3. The molecular formula is C23H31N7O6. The van der Waals surface area contributed by atoms with Gasteiger partial charge < -0.3 is 32.0 Å². The number of nitrogens with one attached hydrogen (secondary N) is 2. The van der Waals surface area contributed by atoms with Crippen LogP contribution in [0.25, 0.3) is 0 Å². The number of nitrogen functional groups attached to an aromatic ring is 2. The van der Waals surface area contributed by atoms with Crippen molar-refractivity contribution < 1.29 is 24.6 Å². The van der Waals surface area contributed by atoms with Crippen LogP contribution in [-0.2, 0) is 16.0 Å². The summed E-state index contributed by atoms with van der Waals surface area (Å²) < 4.78 is 0. The molecule has 13 heteroatoms. The highest BCUT2D eigenvalue weighted by Gasteiger charge is 2.22. The summed E-state index contributed by atoms with van der Waals surface area (Å²) in [7, 11) is 3.56. The van der Waals surface area contributed by atoms with Crippen molar-refractivity contribution in [2.75, 3.05) is 25.6 Å². The lowest BCUT2D eigenvalue weighted by atomic mass is 9.93. The monoisotopic (exact) mass is 501 g/mol. The number of amides is 1. The number of hydrogen-bond donors (Lipinski definition) is 6. The molecule has 0 radical (unpaired) electrons. The molecule has 1 amide bonds. The van der Waals surface area contributed by atoms with Crippen molar-refractivity contribution in [3.63, 3.8) is 0 Å². The van der Waals surface area contributed by atoms with Gasteiger partial charge in [-0.3, -0.25) is 19.4 Å². The molecule has 0 aliphatic heterocycles. The van der Waals surface area contributed by atoms with Crippen LogP contribution in [0.5, 0.6) is 0 Å². The SMILES string of the molecule is CN(C)/N=C/C(CCCc1c(N)nc(N)[nH]c1=O)c1ccc(C(=O)NC(CCC(=O)O)C(=O)O)cc1. The number of carboxylic acids is 2. The third-order valence-electron chi connectivity index (χ3n) is 5.34. The van der Waals surface area contributed by atoms with E-state index in [1.807, 2.05) is 0 Å². The topological polar surface area (TPSA) is 217 Å². The summed E-state index contributed by atoms with van der Waals surface area (Å²) in [4.78, 5) is 53.0. The molecular weight excluding hydrogens is 470 g/mol. The largest absolute Gasteiger partial charge is 0.481 e. The number of hydrazone groups is 1. The predicted octanol–water partition coefficient (Wildman–Crippen LogP) is 0.636. The zero-order valence-corrected chi connectivity index (χ0v) is 20.1. The van der Waals surface area contributed by atoms with Gasteiger partial charge in [0.2, 0.25) is 5.95 Å². The van der Waals surface area contributed by atoms with Crippen molar-refractivity contribution >= 4 is 35.8 Å². The minimum absolute atomic E-state index is 0.0436. The van der Waals surface area contributed by atoms with Crippen LogP contribution in [0.15, 0.2) is 34.2 Å². The Labute approximate surface area is 207 Å². The van der Waals surface area contributed by atoms with Gasteiger partial charge in [0.25, 0.3) is 11.5 Å². The molecule has 0 aliphatic carbocycles. The lowest BCUT2D eigenvalue weighted by Gasteiger charge is -2.16. The maximum Gasteiger partial charge on any atom is 0.326 e. The highest BCUT2D eigenvalue weighted by molar-refractivity contribution is 5.96. The summed E-state index contributed by atoms with van der Waals surface area (Å²) in [5.74, 6) is -3.18. The summed E-state index contributed by atoms with van der Waals surface area (Å²) >= 11 is 0. The van der Waals surface area contributed by atoms with Crippen LogP contribution in [0.4, 0.5) is 11.8 Å². The molecule has 2 aromatic rings. The number of anilines is 2. The molecule has 13 nitrogen and oxygen atoms in total. The fourth-order valence-electron chi connectivity index (χ4n) is 3.46. The van der Waals surface area contributed by atoms with E-state index in [1.165, 1.54) is 0 Å². The van der Waals surface area contributed by atoms with E-state index in [0.717, 1.165) is 5.56 Å². The highest BCUT2D eigenvalue weighted by Crippen LogP contribution is 2.22. The molecule has 0 saturated carbocycles. The van der Waals surface area contributed by atoms with E-state index in [2.05, 4.69) is 20.4 Å². The number of nitrogens with two attached hydrogens (primary N) is 2. The van der Waals surface area contributed by atoms with Gasteiger partial charge in [-0.2, -0.15) is 10.1 Å². The summed E-state index contributed by atoms with van der Waals surface area (Å²) in [6.45, 7) is 0. The molecule has 1 heterocycles. The van der Waals surface area contributed by atoms with Gasteiger partial charge in [0.05, 0.1) is 5.56 Å². The van der Waals surface area contributed by atoms with Gasteiger partial charge in [-0.05, 0) is 43.4 Å². The molecule has 0 fully saturated rings. The molecule has 36 heavy (non-hydrogen) atoms. The number of aliphatic carboxylic acids is 2. The first-order chi connectivity index (χ1) is 17.0. The van der Waals surface area contributed by atoms with Gasteiger partial charge in [-0.1, -0.05) is 12.1 Å². The number of benzene rings is 1. The molecule has 2 atom stereocenters. The van der Waals surface area contributed by atoms with Gasteiger partial charge in [-0.25, -0.2) is 4.79 Å². The second kappa shape index (κ2) is 12.9. The van der Waals surface area contributed by atoms with E-state index in [4.69, 9.17) is 16.6 Å². The fourth-order valence-corrected chi connectivity index (χ4v) is 3.46. The van der Waals surface area contributed by atoms with Crippen LogP contribution in [0.1, 0.15) is 53.1 Å². The Balaban J connectivity index is 2.12. The van der Waals surface area contributed by atoms with Crippen LogP contribution in [-0.4, -0.2) is 69.4 Å². The highest BCUT2D eigenvalue weighted by atomic mass is 16.4. The average Bonchev–Trinajstić information content (AvgIpc) is 2.79. The Morgan fingerprint density at radius 1 is 1.17 bits per heavy atom. The van der Waals surface area contributed by atoms with Crippen molar-refractivity contribution in [3.8, 4) is 0 Å². The normalized spacial score (nSPS) is 12.7. The van der Waals surface area contributed by atoms with Crippen molar-refractivity contribution in [3.05, 3.63) is 51.3 Å². The number of carbonyl (C=O) groups is 3. The summed E-state index contributed by atoms with van der Waals surface area (Å²) in [5.41, 5.74) is 12.4. The van der Waals surface area contributed by atoms with Crippen LogP contribution in [0.2, 0.25) is 0 Å². The lowest BCUT2D eigenvalue weighted by molar-refractivity contribution is -0.140. The zero-order valence-electron chi connectivity index (χ0n) is 20.1. The summed E-state index contributed by atoms with van der Waals surface area (Å²) in [6.07, 6.45) is 2.74. The number of aromatic amines is 1. The Morgan fingerprint density at radius 3 is 2.39 bits per heavy atom. The molecule has 1 aromatic heterocycles. The first-order valence-corrected chi connectivity index (χ1v) is 11.2. The van der Waals surface area contributed by atoms with Gasteiger partial charge in [0.15, 0.2) is 0 Å². The summed E-state index contributed by atoms with van der Waals surface area (Å²) in [6, 6.07) is 5.28. The van der Waals surface area contributed by atoms with Crippen molar-refractivity contribution in [1.29, 1.82) is 0 Å². The molecule has 0 bridgehead atoms. The van der Waals surface area contributed by atoms with Gasteiger partial charge in [-0.15, -0.1) is 0 Å². The van der Waals surface area contributed by atoms with Crippen LogP contribution in [0.3, 0.4) is 0 Å². The quantitative estimate of drug-likeness (QED) is 0.166. The number of aromatic nitrogens is 2. The van der Waals surface area contributed by atoms with E-state index < -0.39 is 23.9 Å². The van der Waals surface area contributed by atoms with E-state index in [-0.39, 0.29) is 41.6 Å². The number of rotatable bonds is 13. The number of hydrogen-bond acceptors (Lipinski definition) is 9. The second-order valence-electron chi connectivity index (χ2n) is 8.34. The maximum atomic E-state index is 12.5. The molecule has 0 saturated heterocycles. The zero-order chi connectivity index (χ0) is 26.8. The summed E-state index contributed by atoms with van der Waals surface area (Å²) in [5, 5.41) is 26.3. The Hall–Kier alpha value is -4.42. The third kappa shape index (κ3) is 8.42. The average molecular weight is 502 g/mol. The first-order valence-electron chi connectivity index (χ1n) is 11.2. The van der Waals surface area contributed by atoms with Crippen molar-refractivity contribution in [2.45, 2.75) is 44.1 Å². The van der Waals surface area contributed by atoms with E-state index in [0.29, 0.717) is 24.8 Å². The molecule has 0 spiro atoms. The minimum atomic E-state index is -1.31. The van der Waals surface area contributed by atoms with Crippen molar-refractivity contribution in [2.24, 2.45) is 5.10 Å². The smallest absolute Gasteiger partial charge is 0.326 e. The number of carboxylic acid groups (broad SMARTS) is 2. The predicted molar refractivity (Wildman–Crippen MR) is 134 cm³/mol. The first kappa shape index (κ1) is 27.8. The molecule has 2 rings (SSSR count). The minimum Gasteiger partial charge on any atom is -0.481 e. The van der Waals surface area contributed by atoms with Crippen LogP contribution >= 0.6 is 0 Å². The molecule has 0 aliphatic rings. The van der Waals surface area contributed by atoms with Gasteiger partial charge in [0.1, 0.15) is 11.9 Å². The fraction of sp³-hybridized carbons (Fsp3) is 0.391. The van der Waals surface area contributed by atoms with E-state index >= 15 is 0 Å². The maximum absolute atomic E-state index is 12.5. The van der Waals surface area contributed by atoms with Gasteiger partial charge in [0, 0.05) is 38.2 Å². The molecule has 8 N–H and O–H groups in total. The number of carbonyl (C=O) groups excluding carboxylic acids is 1. The van der Waals surface area contributed by atoms with Crippen molar-refractivity contribution in [1.82, 2.24) is 20.3 Å². The van der Waals surface area contributed by atoms with Crippen LogP contribution < -0.4 is 22.3 Å². The Kier molecular flexibility index (Phi) is 9.95. The third-order valence-corrected chi connectivity index (χ3v) is 5.34. The Bertz CT molecular complexity index is 1160. The molecule has 2 unspecified atom stereocenters. The van der Waals surface area contributed by atoms with Crippen LogP contribution in [0, 0.1) is 0 Å². The Morgan fingerprint density at radius 2 is 1.83 bits per heavy atom.